The van der Waals surface area contributed by atoms with E-state index in [1.807, 2.05) is 24.0 Å². The van der Waals surface area contributed by atoms with Crippen LogP contribution >= 0.6 is 0 Å². The van der Waals surface area contributed by atoms with E-state index in [4.69, 9.17) is 9.47 Å². The van der Waals surface area contributed by atoms with Crippen molar-refractivity contribution in [1.29, 1.82) is 0 Å². The van der Waals surface area contributed by atoms with Crippen molar-refractivity contribution in [3.05, 3.63) is 83.9 Å². The molecule has 1 saturated carbocycles. The summed E-state index contributed by atoms with van der Waals surface area (Å²) in [5.41, 5.74) is 4.95. The van der Waals surface area contributed by atoms with Crippen molar-refractivity contribution in [3.8, 4) is 0 Å². The first-order valence-electron chi connectivity index (χ1n) is 15.4. The lowest BCUT2D eigenvalue weighted by molar-refractivity contribution is -0.324. The lowest BCUT2D eigenvalue weighted by Gasteiger charge is -2.61. The van der Waals surface area contributed by atoms with E-state index in [2.05, 4.69) is 113 Å². The molecular weight excluding hydrogens is 510 g/mol. The number of benzene rings is 2. The monoisotopic (exact) mass is 561 g/mol. The minimum atomic E-state index is -1.15. The van der Waals surface area contributed by atoms with E-state index in [0.717, 1.165) is 12.8 Å². The van der Waals surface area contributed by atoms with Crippen LogP contribution in [0.3, 0.4) is 0 Å². The molecule has 1 saturated heterocycles. The molecule has 0 bridgehead atoms. The molecule has 41 heavy (non-hydrogen) atoms. The maximum absolute atomic E-state index is 14.6. The summed E-state index contributed by atoms with van der Waals surface area (Å²) < 4.78 is 13.9. The van der Waals surface area contributed by atoms with E-state index >= 15 is 0 Å². The summed E-state index contributed by atoms with van der Waals surface area (Å²) in [6.45, 7) is 13.0. The van der Waals surface area contributed by atoms with Crippen LogP contribution in [0.4, 0.5) is 0 Å². The van der Waals surface area contributed by atoms with Gasteiger partial charge in [0.05, 0.1) is 19.1 Å². The van der Waals surface area contributed by atoms with Gasteiger partial charge in [0.25, 0.3) is 0 Å². The van der Waals surface area contributed by atoms with Gasteiger partial charge in [0.1, 0.15) is 5.54 Å². The van der Waals surface area contributed by atoms with Crippen LogP contribution < -0.4 is 5.43 Å². The highest BCUT2D eigenvalue weighted by Crippen LogP contribution is 2.56. The second-order valence-electron chi connectivity index (χ2n) is 12.8. The summed E-state index contributed by atoms with van der Waals surface area (Å²) in [5.74, 6) is -1.36. The first kappa shape index (κ1) is 31.4. The maximum atomic E-state index is 14.6. The molecule has 2 aliphatic rings. The quantitative estimate of drug-likeness (QED) is 0.277. The summed E-state index contributed by atoms with van der Waals surface area (Å²) >= 11 is 0. The smallest absolute Gasteiger partial charge is 0.227 e. The van der Waals surface area contributed by atoms with E-state index in [1.165, 1.54) is 11.1 Å². The first-order chi connectivity index (χ1) is 19.6. The van der Waals surface area contributed by atoms with Crippen LogP contribution in [0, 0.1) is 11.3 Å². The molecule has 0 aromatic heterocycles. The Kier molecular flexibility index (Phi) is 9.80. The van der Waals surface area contributed by atoms with Gasteiger partial charge in [-0.1, -0.05) is 87.5 Å². The summed E-state index contributed by atoms with van der Waals surface area (Å²) in [7, 11) is 4.01. The maximum Gasteiger partial charge on any atom is 0.227 e. The molecule has 2 atom stereocenters. The van der Waals surface area contributed by atoms with Gasteiger partial charge in [-0.05, 0) is 56.7 Å². The van der Waals surface area contributed by atoms with Gasteiger partial charge in [-0.3, -0.25) is 4.79 Å². The topological polar surface area (TPSA) is 54.0 Å². The molecule has 1 amide bonds. The molecule has 0 radical (unpaired) electrons. The minimum Gasteiger partial charge on any atom is -0.344 e. The number of ether oxygens (including phenoxy) is 2. The molecule has 1 N–H and O–H groups in total. The average Bonchev–Trinajstić information content (AvgIpc) is 2.98. The zero-order valence-electron chi connectivity index (χ0n) is 26.3. The molecule has 4 rings (SSSR count). The first-order valence-corrected chi connectivity index (χ1v) is 15.4. The molecule has 6 heteroatoms. The van der Waals surface area contributed by atoms with E-state index in [1.54, 1.807) is 0 Å². The molecule has 224 valence electrons. The van der Waals surface area contributed by atoms with Gasteiger partial charge in [0, 0.05) is 38.0 Å². The van der Waals surface area contributed by atoms with Crippen molar-refractivity contribution in [3.63, 3.8) is 0 Å². The molecule has 0 spiro atoms. The number of allylic oxidation sites excluding steroid dienone is 1. The van der Waals surface area contributed by atoms with Crippen LogP contribution in [0.2, 0.25) is 0 Å². The Labute approximate surface area is 248 Å². The average molecular weight is 562 g/mol. The third-order valence-corrected chi connectivity index (χ3v) is 9.03. The summed E-state index contributed by atoms with van der Waals surface area (Å²) in [6.07, 6.45) is 7.24. The third kappa shape index (κ3) is 6.03. The third-order valence-electron chi connectivity index (χ3n) is 9.03. The number of nitrogens with one attached hydrogen (secondary N) is 1. The Morgan fingerprint density at radius 2 is 1.46 bits per heavy atom. The van der Waals surface area contributed by atoms with Crippen LogP contribution in [-0.2, 0) is 19.7 Å². The number of carbonyl (C=O) groups excluding carboxylic acids is 1. The molecule has 2 fully saturated rings. The van der Waals surface area contributed by atoms with Gasteiger partial charge in [-0.2, -0.15) is 0 Å². The Balaban J connectivity index is 2.03. The van der Waals surface area contributed by atoms with Gasteiger partial charge >= 0.3 is 0 Å². The van der Waals surface area contributed by atoms with E-state index < -0.39 is 11.3 Å². The number of carbonyl (C=O) groups is 1. The van der Waals surface area contributed by atoms with Gasteiger partial charge in [0.15, 0.2) is 0 Å². The lowest BCUT2D eigenvalue weighted by Crippen LogP contribution is -2.77. The predicted molar refractivity (Wildman–Crippen MR) is 166 cm³/mol. The molecule has 2 aromatic rings. The van der Waals surface area contributed by atoms with Crippen LogP contribution in [0.1, 0.15) is 71.4 Å². The second-order valence-corrected chi connectivity index (χ2v) is 12.8. The van der Waals surface area contributed by atoms with Crippen molar-refractivity contribution in [2.45, 2.75) is 77.0 Å². The number of hydrogen-bond acceptors (Lipinski definition) is 5. The molecule has 2 unspecified atom stereocenters. The lowest BCUT2D eigenvalue weighted by atomic mass is 9.54. The number of nitrogens with zero attached hydrogens (tertiary/aromatic N) is 2. The van der Waals surface area contributed by atoms with Gasteiger partial charge in [-0.25, -0.2) is 10.4 Å². The fraction of sp³-hybridized carbons (Fsp3) is 0.571. The van der Waals surface area contributed by atoms with E-state index in [-0.39, 0.29) is 22.7 Å². The highest BCUT2D eigenvalue weighted by molar-refractivity contribution is 5.81. The molecule has 2 aromatic carbocycles. The minimum absolute atomic E-state index is 0.133. The fourth-order valence-electron chi connectivity index (χ4n) is 7.01. The largest absolute Gasteiger partial charge is 0.344 e. The van der Waals surface area contributed by atoms with Crippen molar-refractivity contribution in [2.24, 2.45) is 11.3 Å². The van der Waals surface area contributed by atoms with E-state index in [0.29, 0.717) is 39.1 Å². The summed E-state index contributed by atoms with van der Waals surface area (Å²) in [4.78, 5) is 16.5. The fourth-order valence-corrected chi connectivity index (χ4v) is 7.01. The summed E-state index contributed by atoms with van der Waals surface area (Å²) in [6, 6.07) is 21.6. The van der Waals surface area contributed by atoms with Crippen molar-refractivity contribution in [1.82, 2.24) is 15.3 Å². The van der Waals surface area contributed by atoms with Crippen LogP contribution in [0.5, 0.6) is 0 Å². The van der Waals surface area contributed by atoms with Gasteiger partial charge < -0.3 is 14.4 Å². The Morgan fingerprint density at radius 3 is 1.93 bits per heavy atom. The number of hydrazine groups is 1. The van der Waals surface area contributed by atoms with Crippen molar-refractivity contribution < 1.29 is 14.3 Å². The zero-order chi connectivity index (χ0) is 29.7. The highest BCUT2D eigenvalue weighted by Gasteiger charge is 2.66. The summed E-state index contributed by atoms with van der Waals surface area (Å²) in [5, 5.41) is 1.99. The number of rotatable bonds is 10. The SMILES string of the molecule is CC/C=C\C1(C2(NN(C)C)CC(c3ccccc3)(c3ccccc3)CCC2C(=O)N(CC)CC)OCC(C)(C)CO1. The van der Waals surface area contributed by atoms with Crippen LogP contribution in [0.25, 0.3) is 0 Å². The Bertz CT molecular complexity index is 1110. The van der Waals surface area contributed by atoms with Gasteiger partial charge in [0.2, 0.25) is 11.7 Å². The van der Waals surface area contributed by atoms with Crippen LogP contribution in [0.15, 0.2) is 72.8 Å². The molecular formula is C35H51N3O3. The predicted octanol–water partition coefficient (Wildman–Crippen LogP) is 6.18. The Morgan fingerprint density at radius 1 is 0.927 bits per heavy atom. The number of amides is 1. The Hall–Kier alpha value is -2.51. The second kappa shape index (κ2) is 12.8. The van der Waals surface area contributed by atoms with Crippen molar-refractivity contribution >= 4 is 5.91 Å². The standard InChI is InChI=1S/C35H51N3O3/c1-8-11-23-35(40-26-32(4,5)27-41-35)34(36-37(6)7)25-33(28-18-14-12-15-19-28,29-20-16-13-17-21-29)24-22-30(34)31(39)38(9-2)10-3/h11-21,23,30,36H,8-10,22,24-27H2,1-7H3/b23-11-. The molecule has 6 nitrogen and oxygen atoms in total. The van der Waals surface area contributed by atoms with E-state index in [9.17, 15) is 4.79 Å². The molecule has 1 heterocycles. The molecule has 1 aliphatic heterocycles. The normalized spacial score (nSPS) is 25.3. The van der Waals surface area contributed by atoms with Crippen LogP contribution in [-0.4, -0.2) is 67.5 Å². The molecule has 1 aliphatic carbocycles. The van der Waals surface area contributed by atoms with Gasteiger partial charge in [-0.15, -0.1) is 0 Å². The number of hydrogen-bond donors (Lipinski definition) is 1. The van der Waals surface area contributed by atoms with Crippen molar-refractivity contribution in [2.75, 3.05) is 40.4 Å². The highest BCUT2D eigenvalue weighted by atomic mass is 16.7. The zero-order valence-corrected chi connectivity index (χ0v) is 26.3.